The summed E-state index contributed by atoms with van der Waals surface area (Å²) in [5.74, 6) is 0.720. The number of likely N-dealkylation sites (tertiary alicyclic amines) is 1. The van der Waals surface area contributed by atoms with Gasteiger partial charge < -0.3 is 15.0 Å². The van der Waals surface area contributed by atoms with Crippen molar-refractivity contribution in [3.05, 3.63) is 64.1 Å². The number of ether oxygens (including phenoxy) is 1. The molecular formula is C21H23BrN2O3. The Labute approximate surface area is 167 Å². The van der Waals surface area contributed by atoms with Crippen molar-refractivity contribution in [2.45, 2.75) is 25.8 Å². The molecule has 1 heterocycles. The summed E-state index contributed by atoms with van der Waals surface area (Å²) in [5, 5.41) is 3.07. The maximum atomic E-state index is 12.6. The summed E-state index contributed by atoms with van der Waals surface area (Å²) in [6, 6.07) is 14.6. The number of carbonyl (C=O) groups is 2. The molecule has 1 aliphatic rings. The number of nitrogens with one attached hydrogen (secondary N) is 1. The largest absolute Gasteiger partial charge is 0.494 e. The van der Waals surface area contributed by atoms with Crippen molar-refractivity contribution in [3.63, 3.8) is 0 Å². The molecular weight excluding hydrogens is 408 g/mol. The molecule has 1 N–H and O–H groups in total. The van der Waals surface area contributed by atoms with Crippen molar-refractivity contribution < 1.29 is 14.3 Å². The maximum Gasteiger partial charge on any atom is 0.253 e. The molecule has 0 radical (unpaired) electrons. The lowest BCUT2D eigenvalue weighted by Gasteiger charge is -2.32. The smallest absolute Gasteiger partial charge is 0.253 e. The molecule has 5 nitrogen and oxygen atoms in total. The van der Waals surface area contributed by atoms with E-state index in [4.69, 9.17) is 4.74 Å². The number of piperidine rings is 1. The molecule has 0 aromatic heterocycles. The highest BCUT2D eigenvalue weighted by atomic mass is 79.9. The summed E-state index contributed by atoms with van der Waals surface area (Å²) in [5.41, 5.74) is 1.31. The first-order valence-corrected chi connectivity index (χ1v) is 9.94. The van der Waals surface area contributed by atoms with Gasteiger partial charge in [-0.1, -0.05) is 15.9 Å². The molecule has 0 unspecified atom stereocenters. The standard InChI is InChI=1S/C21H23BrN2O3/c1-2-27-19-9-5-16(6-10-19)21(26)24-13-11-18(12-14-24)23-20(25)15-3-7-17(22)8-4-15/h3-10,18H,2,11-14H2,1H3,(H,23,25). The molecule has 1 saturated heterocycles. The Morgan fingerprint density at radius 3 is 2.22 bits per heavy atom. The summed E-state index contributed by atoms with van der Waals surface area (Å²) < 4.78 is 6.36. The first-order valence-electron chi connectivity index (χ1n) is 9.15. The minimum Gasteiger partial charge on any atom is -0.494 e. The number of carbonyl (C=O) groups excluding carboxylic acids is 2. The van der Waals surface area contributed by atoms with Crippen LogP contribution in [-0.4, -0.2) is 42.5 Å². The third kappa shape index (κ3) is 5.10. The Hall–Kier alpha value is -2.34. The Bertz CT molecular complexity index is 782. The Kier molecular flexibility index (Phi) is 6.50. The third-order valence-corrected chi connectivity index (χ3v) is 5.16. The summed E-state index contributed by atoms with van der Waals surface area (Å²) in [6.07, 6.45) is 1.51. The highest BCUT2D eigenvalue weighted by molar-refractivity contribution is 9.10. The predicted octanol–water partition coefficient (Wildman–Crippen LogP) is 3.88. The Balaban J connectivity index is 1.51. The fourth-order valence-electron chi connectivity index (χ4n) is 3.14. The molecule has 0 bridgehead atoms. The van der Waals surface area contributed by atoms with Gasteiger partial charge in [-0.3, -0.25) is 9.59 Å². The normalized spacial score (nSPS) is 14.7. The fraction of sp³-hybridized carbons (Fsp3) is 0.333. The maximum absolute atomic E-state index is 12.6. The average molecular weight is 431 g/mol. The number of nitrogens with zero attached hydrogens (tertiary/aromatic N) is 1. The van der Waals surface area contributed by atoms with Gasteiger partial charge in [0.2, 0.25) is 0 Å². The van der Waals surface area contributed by atoms with E-state index >= 15 is 0 Å². The van der Waals surface area contributed by atoms with Gasteiger partial charge >= 0.3 is 0 Å². The van der Waals surface area contributed by atoms with E-state index in [9.17, 15) is 9.59 Å². The first kappa shape index (κ1) is 19.4. The summed E-state index contributed by atoms with van der Waals surface area (Å²) in [6.45, 7) is 3.81. The zero-order chi connectivity index (χ0) is 19.2. The lowest BCUT2D eigenvalue weighted by Crippen LogP contribution is -2.46. The van der Waals surface area contributed by atoms with E-state index in [2.05, 4.69) is 21.2 Å². The quantitative estimate of drug-likeness (QED) is 0.782. The number of hydrogen-bond donors (Lipinski definition) is 1. The van der Waals surface area contributed by atoms with Crippen LogP contribution in [0.15, 0.2) is 53.0 Å². The summed E-state index contributed by atoms with van der Waals surface area (Å²) in [4.78, 5) is 26.8. The van der Waals surface area contributed by atoms with Gasteiger partial charge in [0, 0.05) is 34.7 Å². The van der Waals surface area contributed by atoms with Crippen molar-refractivity contribution in [1.82, 2.24) is 10.2 Å². The predicted molar refractivity (Wildman–Crippen MR) is 108 cm³/mol. The number of halogens is 1. The minimum atomic E-state index is -0.0706. The zero-order valence-corrected chi connectivity index (χ0v) is 16.9. The molecule has 3 rings (SSSR count). The molecule has 1 fully saturated rings. The lowest BCUT2D eigenvalue weighted by atomic mass is 10.0. The second-order valence-corrected chi connectivity index (χ2v) is 7.42. The fourth-order valence-corrected chi connectivity index (χ4v) is 3.40. The molecule has 1 aliphatic heterocycles. The topological polar surface area (TPSA) is 58.6 Å². The van der Waals surface area contributed by atoms with Gasteiger partial charge in [0.25, 0.3) is 11.8 Å². The zero-order valence-electron chi connectivity index (χ0n) is 15.3. The molecule has 2 amide bonds. The van der Waals surface area contributed by atoms with Gasteiger partial charge in [0.1, 0.15) is 5.75 Å². The molecule has 2 aromatic carbocycles. The van der Waals surface area contributed by atoms with Gasteiger partial charge in [-0.2, -0.15) is 0 Å². The average Bonchev–Trinajstić information content (AvgIpc) is 2.69. The highest BCUT2D eigenvalue weighted by Crippen LogP contribution is 2.18. The van der Waals surface area contributed by atoms with Gasteiger partial charge in [-0.05, 0) is 68.3 Å². The second-order valence-electron chi connectivity index (χ2n) is 6.50. The molecule has 0 aliphatic carbocycles. The molecule has 142 valence electrons. The van der Waals surface area contributed by atoms with E-state index in [0.717, 1.165) is 23.1 Å². The van der Waals surface area contributed by atoms with E-state index in [1.807, 2.05) is 36.1 Å². The van der Waals surface area contributed by atoms with Crippen molar-refractivity contribution >= 4 is 27.7 Å². The van der Waals surface area contributed by atoms with E-state index in [0.29, 0.717) is 30.8 Å². The van der Waals surface area contributed by atoms with Gasteiger partial charge in [-0.15, -0.1) is 0 Å². The number of amides is 2. The number of hydrogen-bond acceptors (Lipinski definition) is 3. The van der Waals surface area contributed by atoms with Crippen LogP contribution in [0.1, 0.15) is 40.5 Å². The molecule has 0 saturated carbocycles. The van der Waals surface area contributed by atoms with Gasteiger partial charge in [-0.25, -0.2) is 0 Å². The number of benzene rings is 2. The van der Waals surface area contributed by atoms with Crippen LogP contribution in [0.25, 0.3) is 0 Å². The highest BCUT2D eigenvalue weighted by Gasteiger charge is 2.24. The van der Waals surface area contributed by atoms with Crippen LogP contribution in [-0.2, 0) is 0 Å². The lowest BCUT2D eigenvalue weighted by molar-refractivity contribution is 0.0698. The van der Waals surface area contributed by atoms with Gasteiger partial charge in [0.05, 0.1) is 6.61 Å². The third-order valence-electron chi connectivity index (χ3n) is 4.64. The first-order chi connectivity index (χ1) is 13.1. The number of rotatable bonds is 5. The van der Waals surface area contributed by atoms with Crippen molar-refractivity contribution in [1.29, 1.82) is 0 Å². The molecule has 6 heteroatoms. The van der Waals surface area contributed by atoms with E-state index < -0.39 is 0 Å². The van der Waals surface area contributed by atoms with Crippen LogP contribution in [0.4, 0.5) is 0 Å². The molecule has 27 heavy (non-hydrogen) atoms. The van der Waals surface area contributed by atoms with Crippen molar-refractivity contribution in [2.24, 2.45) is 0 Å². The van der Waals surface area contributed by atoms with Gasteiger partial charge in [0.15, 0.2) is 0 Å². The Morgan fingerprint density at radius 2 is 1.63 bits per heavy atom. The second kappa shape index (κ2) is 9.04. The van der Waals surface area contributed by atoms with Crippen LogP contribution in [0.2, 0.25) is 0 Å². The molecule has 0 atom stereocenters. The molecule has 2 aromatic rings. The van der Waals surface area contributed by atoms with Crippen LogP contribution >= 0.6 is 15.9 Å². The van der Waals surface area contributed by atoms with Crippen molar-refractivity contribution in [3.8, 4) is 5.75 Å². The van der Waals surface area contributed by atoms with Crippen molar-refractivity contribution in [2.75, 3.05) is 19.7 Å². The summed E-state index contributed by atoms with van der Waals surface area (Å²) in [7, 11) is 0. The van der Waals surface area contributed by atoms with Crippen LogP contribution in [0.5, 0.6) is 5.75 Å². The molecule has 0 spiro atoms. The van der Waals surface area contributed by atoms with E-state index in [1.165, 1.54) is 0 Å². The van der Waals surface area contributed by atoms with Crippen LogP contribution in [0.3, 0.4) is 0 Å². The SMILES string of the molecule is CCOc1ccc(C(=O)N2CCC(NC(=O)c3ccc(Br)cc3)CC2)cc1. The minimum absolute atomic E-state index is 0.0238. The van der Waals surface area contributed by atoms with E-state index in [1.54, 1.807) is 24.3 Å². The summed E-state index contributed by atoms with van der Waals surface area (Å²) >= 11 is 3.37. The van der Waals surface area contributed by atoms with Crippen LogP contribution < -0.4 is 10.1 Å². The van der Waals surface area contributed by atoms with E-state index in [-0.39, 0.29) is 17.9 Å². The Morgan fingerprint density at radius 1 is 1.04 bits per heavy atom. The van der Waals surface area contributed by atoms with Crippen LogP contribution in [0, 0.1) is 0 Å². The monoisotopic (exact) mass is 430 g/mol.